The SMILES string of the molecule is C/C=C\C1=C(N)C(c2ccc3c4ccccc4n(-c4ccccc4)c3c2)NC(c2ccc3cc(-n4c5ccccc5c5cc6ccccc6cc54)ccc3c2)N1C. The molecule has 0 bridgehead atoms. The lowest BCUT2D eigenvalue weighted by Gasteiger charge is -2.41. The van der Waals surface area contributed by atoms with Crippen LogP contribution in [0.3, 0.4) is 0 Å². The number of rotatable bonds is 5. The van der Waals surface area contributed by atoms with E-state index in [1.165, 1.54) is 65.2 Å². The zero-order chi connectivity index (χ0) is 38.2. The van der Waals surface area contributed by atoms with Crippen molar-refractivity contribution in [1.29, 1.82) is 0 Å². The van der Waals surface area contributed by atoms with E-state index in [9.17, 15) is 0 Å². The van der Waals surface area contributed by atoms with E-state index in [1.54, 1.807) is 0 Å². The third-order valence-corrected chi connectivity index (χ3v) is 12.0. The van der Waals surface area contributed by atoms with Crippen molar-refractivity contribution in [3.63, 3.8) is 0 Å². The minimum atomic E-state index is -0.200. The predicted molar refractivity (Wildman–Crippen MR) is 239 cm³/mol. The molecule has 1 aliphatic rings. The Hall–Kier alpha value is -7.08. The maximum absolute atomic E-state index is 7.12. The normalized spacial score (nSPS) is 16.4. The first-order chi connectivity index (χ1) is 28.1. The molecule has 11 rings (SSSR count). The van der Waals surface area contributed by atoms with E-state index >= 15 is 0 Å². The molecule has 3 heterocycles. The fourth-order valence-electron chi connectivity index (χ4n) is 9.33. The zero-order valence-corrected chi connectivity index (χ0v) is 31.9. The van der Waals surface area contributed by atoms with Crippen LogP contribution in [0.4, 0.5) is 0 Å². The maximum atomic E-state index is 7.12. The van der Waals surface area contributed by atoms with E-state index in [1.807, 2.05) is 0 Å². The number of aromatic nitrogens is 2. The molecule has 3 N–H and O–H groups in total. The van der Waals surface area contributed by atoms with Gasteiger partial charge in [0.1, 0.15) is 6.17 Å². The van der Waals surface area contributed by atoms with Gasteiger partial charge in [-0.2, -0.15) is 0 Å². The van der Waals surface area contributed by atoms with Gasteiger partial charge >= 0.3 is 0 Å². The number of para-hydroxylation sites is 3. The van der Waals surface area contributed by atoms with Crippen molar-refractivity contribution in [2.75, 3.05) is 7.05 Å². The number of nitrogens with zero attached hydrogens (tertiary/aromatic N) is 3. The summed E-state index contributed by atoms with van der Waals surface area (Å²) >= 11 is 0. The van der Waals surface area contributed by atoms with Gasteiger partial charge in [-0.1, -0.05) is 115 Å². The third kappa shape index (κ3) is 5.20. The summed E-state index contributed by atoms with van der Waals surface area (Å²) in [5.41, 5.74) is 18.3. The second kappa shape index (κ2) is 13.0. The standard InChI is InChI=1S/C52H41N5/c1-3-13-47-50(53)51(37-25-27-43-41-18-9-11-20-45(41)56(48(43)32-37)39-16-5-4-6-17-39)54-52(55(47)2)38-23-22-36-29-40(26-24-35(36)28-38)57-46-21-12-10-19-42(46)44-30-33-14-7-8-15-34(33)31-49(44)57/h3-32,51-52,54H,53H2,1-2H3/b13-3-. The van der Waals surface area contributed by atoms with Gasteiger partial charge in [0.15, 0.2) is 0 Å². The van der Waals surface area contributed by atoms with Gasteiger partial charge < -0.3 is 19.8 Å². The van der Waals surface area contributed by atoms with Crippen molar-refractivity contribution in [2.24, 2.45) is 5.73 Å². The van der Waals surface area contributed by atoms with Gasteiger partial charge in [0.25, 0.3) is 0 Å². The molecule has 2 aromatic heterocycles. The molecule has 0 amide bonds. The highest BCUT2D eigenvalue weighted by atomic mass is 15.3. The molecule has 10 aromatic rings. The van der Waals surface area contributed by atoms with Gasteiger partial charge in [-0.3, -0.25) is 5.32 Å². The van der Waals surface area contributed by atoms with Crippen LogP contribution in [0.2, 0.25) is 0 Å². The summed E-state index contributed by atoms with van der Waals surface area (Å²) in [7, 11) is 2.13. The number of likely N-dealkylation sites (N-methyl/N-ethyl adjacent to an activating group) is 1. The molecule has 0 saturated heterocycles. The number of fused-ring (bicyclic) bond motifs is 8. The highest BCUT2D eigenvalue weighted by Crippen LogP contribution is 2.40. The molecule has 57 heavy (non-hydrogen) atoms. The van der Waals surface area contributed by atoms with Crippen molar-refractivity contribution in [3.05, 3.63) is 205 Å². The monoisotopic (exact) mass is 735 g/mol. The lowest BCUT2D eigenvalue weighted by molar-refractivity contribution is 0.221. The first kappa shape index (κ1) is 33.3. The van der Waals surface area contributed by atoms with Gasteiger partial charge in [-0.05, 0) is 106 Å². The minimum absolute atomic E-state index is 0.112. The zero-order valence-electron chi connectivity index (χ0n) is 31.9. The summed E-state index contributed by atoms with van der Waals surface area (Å²) in [4.78, 5) is 2.27. The van der Waals surface area contributed by atoms with Crippen LogP contribution in [0.25, 0.3) is 76.5 Å². The lowest BCUT2D eigenvalue weighted by Crippen LogP contribution is -2.45. The molecule has 1 aliphatic heterocycles. The number of nitrogens with two attached hydrogens (primary N) is 1. The molecule has 0 spiro atoms. The van der Waals surface area contributed by atoms with E-state index in [0.29, 0.717) is 0 Å². The average molecular weight is 736 g/mol. The Labute approximate surface area is 331 Å². The molecule has 274 valence electrons. The van der Waals surface area contributed by atoms with Crippen molar-refractivity contribution in [2.45, 2.75) is 19.1 Å². The summed E-state index contributed by atoms with van der Waals surface area (Å²) in [5.74, 6) is 0. The second-order valence-corrected chi connectivity index (χ2v) is 15.3. The Morgan fingerprint density at radius 2 is 1.07 bits per heavy atom. The van der Waals surface area contributed by atoms with Crippen LogP contribution in [0.5, 0.6) is 0 Å². The van der Waals surface area contributed by atoms with Crippen LogP contribution in [0.15, 0.2) is 193 Å². The summed E-state index contributed by atoms with van der Waals surface area (Å²) in [5, 5.41) is 13.9. The first-order valence-electron chi connectivity index (χ1n) is 19.7. The Balaban J connectivity index is 1.00. The fraction of sp³-hybridized carbons (Fsp3) is 0.0769. The van der Waals surface area contributed by atoms with Crippen LogP contribution < -0.4 is 11.1 Å². The smallest absolute Gasteiger partial charge is 0.106 e. The number of hydrogen-bond acceptors (Lipinski definition) is 3. The van der Waals surface area contributed by atoms with E-state index in [4.69, 9.17) is 5.73 Å². The number of benzene rings is 8. The largest absolute Gasteiger partial charge is 0.399 e. The number of hydrogen-bond donors (Lipinski definition) is 2. The second-order valence-electron chi connectivity index (χ2n) is 15.3. The van der Waals surface area contributed by atoms with Crippen molar-refractivity contribution < 1.29 is 0 Å². The molecule has 0 fully saturated rings. The van der Waals surface area contributed by atoms with Gasteiger partial charge in [0.2, 0.25) is 0 Å². The molecule has 8 aromatic carbocycles. The molecule has 2 unspecified atom stereocenters. The first-order valence-corrected chi connectivity index (χ1v) is 19.7. The number of allylic oxidation sites excluding steroid dienone is 2. The predicted octanol–water partition coefficient (Wildman–Crippen LogP) is 12.2. The Morgan fingerprint density at radius 1 is 0.491 bits per heavy atom. The van der Waals surface area contributed by atoms with Crippen LogP contribution in [0.1, 0.15) is 30.3 Å². The molecule has 0 aliphatic carbocycles. The summed E-state index contributed by atoms with van der Waals surface area (Å²) in [6.07, 6.45) is 4.10. The van der Waals surface area contributed by atoms with Gasteiger partial charge in [0, 0.05) is 40.0 Å². The quantitative estimate of drug-likeness (QED) is 0.185. The Kier molecular flexibility index (Phi) is 7.60. The van der Waals surface area contributed by atoms with Gasteiger partial charge in [0.05, 0.1) is 39.5 Å². The van der Waals surface area contributed by atoms with Crippen LogP contribution >= 0.6 is 0 Å². The molecule has 2 atom stereocenters. The molecular weight excluding hydrogens is 695 g/mol. The van der Waals surface area contributed by atoms with E-state index in [2.05, 4.69) is 215 Å². The molecule has 0 radical (unpaired) electrons. The highest BCUT2D eigenvalue weighted by molar-refractivity contribution is 6.14. The lowest BCUT2D eigenvalue weighted by atomic mass is 9.95. The van der Waals surface area contributed by atoms with E-state index in [0.717, 1.165) is 33.8 Å². The number of nitrogens with one attached hydrogen (secondary N) is 1. The summed E-state index contributed by atoms with van der Waals surface area (Å²) < 4.78 is 4.78. The van der Waals surface area contributed by atoms with Gasteiger partial charge in [-0.25, -0.2) is 0 Å². The molecular formula is C52H41N5. The van der Waals surface area contributed by atoms with Crippen molar-refractivity contribution in [3.8, 4) is 11.4 Å². The molecule has 5 nitrogen and oxygen atoms in total. The minimum Gasteiger partial charge on any atom is -0.399 e. The fourth-order valence-corrected chi connectivity index (χ4v) is 9.33. The van der Waals surface area contributed by atoms with E-state index < -0.39 is 0 Å². The highest BCUT2D eigenvalue weighted by Gasteiger charge is 2.32. The van der Waals surface area contributed by atoms with Crippen molar-refractivity contribution in [1.82, 2.24) is 19.4 Å². The molecule has 0 saturated carbocycles. The van der Waals surface area contributed by atoms with Crippen LogP contribution in [0, 0.1) is 0 Å². The summed E-state index contributed by atoms with van der Waals surface area (Å²) in [6.45, 7) is 2.05. The Bertz CT molecular complexity index is 3270. The third-order valence-electron chi connectivity index (χ3n) is 12.0. The molecule has 5 heteroatoms. The topological polar surface area (TPSA) is 51.1 Å². The summed E-state index contributed by atoms with van der Waals surface area (Å²) in [6, 6.07) is 61.7. The maximum Gasteiger partial charge on any atom is 0.106 e. The van der Waals surface area contributed by atoms with E-state index in [-0.39, 0.29) is 12.2 Å². The van der Waals surface area contributed by atoms with Crippen LogP contribution in [-0.2, 0) is 0 Å². The van der Waals surface area contributed by atoms with Gasteiger partial charge in [-0.15, -0.1) is 0 Å². The average Bonchev–Trinajstić information content (AvgIpc) is 3.76. The Morgan fingerprint density at radius 3 is 1.84 bits per heavy atom. The van der Waals surface area contributed by atoms with Crippen molar-refractivity contribution >= 4 is 65.2 Å². The van der Waals surface area contributed by atoms with Crippen LogP contribution in [-0.4, -0.2) is 21.1 Å².